The van der Waals surface area contributed by atoms with Gasteiger partial charge >= 0.3 is 0 Å². The lowest BCUT2D eigenvalue weighted by Crippen LogP contribution is -2.31. The summed E-state index contributed by atoms with van der Waals surface area (Å²) in [6, 6.07) is 2.67. The number of aromatic nitrogens is 4. The quantitative estimate of drug-likeness (QED) is 0.842. The van der Waals surface area contributed by atoms with Gasteiger partial charge in [-0.05, 0) is 25.3 Å². The highest BCUT2D eigenvalue weighted by atomic mass is 16.1. The van der Waals surface area contributed by atoms with E-state index in [1.54, 1.807) is 12.4 Å². The summed E-state index contributed by atoms with van der Waals surface area (Å²) in [7, 11) is 0. The molecule has 1 saturated heterocycles. The number of nitrogens with zero attached hydrogens (tertiary/aromatic N) is 5. The monoisotopic (exact) mass is 271 g/mol. The van der Waals surface area contributed by atoms with Gasteiger partial charge in [-0.15, -0.1) is 0 Å². The van der Waals surface area contributed by atoms with Crippen molar-refractivity contribution in [3.8, 4) is 0 Å². The molecule has 2 aromatic heterocycles. The van der Waals surface area contributed by atoms with Gasteiger partial charge in [0.25, 0.3) is 5.56 Å². The molecule has 2 fully saturated rings. The first-order valence-corrected chi connectivity index (χ1v) is 7.14. The fourth-order valence-electron chi connectivity index (χ4n) is 2.92. The first-order chi connectivity index (χ1) is 9.83. The molecule has 0 radical (unpaired) electrons. The van der Waals surface area contributed by atoms with Crippen LogP contribution in [0, 0.1) is 0 Å². The van der Waals surface area contributed by atoms with Crippen molar-refractivity contribution < 1.29 is 0 Å². The van der Waals surface area contributed by atoms with Gasteiger partial charge in [-0.25, -0.2) is 4.98 Å². The molecule has 2 aromatic rings. The minimum atomic E-state index is 0.0520. The van der Waals surface area contributed by atoms with E-state index in [9.17, 15) is 4.79 Å². The summed E-state index contributed by atoms with van der Waals surface area (Å²) in [5.74, 6) is 0.592. The Morgan fingerprint density at radius 1 is 1.10 bits per heavy atom. The molecule has 2 aliphatic rings. The van der Waals surface area contributed by atoms with Gasteiger partial charge in [0.1, 0.15) is 0 Å². The highest BCUT2D eigenvalue weighted by Crippen LogP contribution is 2.33. The molecule has 1 aliphatic carbocycles. The maximum Gasteiger partial charge on any atom is 0.293 e. The lowest BCUT2D eigenvalue weighted by molar-refractivity contribution is 0.494. The van der Waals surface area contributed by atoms with Crippen molar-refractivity contribution in [2.45, 2.75) is 31.3 Å². The van der Waals surface area contributed by atoms with Crippen LogP contribution < -0.4 is 10.5 Å². The van der Waals surface area contributed by atoms with Crippen LogP contribution in [0.1, 0.15) is 31.3 Å². The van der Waals surface area contributed by atoms with Gasteiger partial charge < -0.3 is 9.47 Å². The third kappa shape index (κ3) is 1.92. The standard InChI is InChI=1S/C14H17N5O/c20-14-13(15-6-9-18(14)11-2-3-11)17-8-4-12(10-17)19-7-1-5-16-19/h1,5-7,9,11-12H,2-4,8,10H2. The summed E-state index contributed by atoms with van der Waals surface area (Å²) in [5, 5.41) is 4.29. The van der Waals surface area contributed by atoms with Crippen LogP contribution in [0.4, 0.5) is 5.82 Å². The highest BCUT2D eigenvalue weighted by molar-refractivity contribution is 5.37. The van der Waals surface area contributed by atoms with Crippen LogP contribution in [-0.4, -0.2) is 32.4 Å². The van der Waals surface area contributed by atoms with Gasteiger partial charge in [0.2, 0.25) is 0 Å². The zero-order valence-corrected chi connectivity index (χ0v) is 11.2. The molecule has 4 rings (SSSR count). The lowest BCUT2D eigenvalue weighted by atomic mass is 10.3. The molecule has 6 nitrogen and oxygen atoms in total. The van der Waals surface area contributed by atoms with Crippen LogP contribution in [0.15, 0.2) is 35.6 Å². The molecule has 1 saturated carbocycles. The summed E-state index contributed by atoms with van der Waals surface area (Å²) < 4.78 is 3.81. The van der Waals surface area contributed by atoms with Gasteiger partial charge in [0.05, 0.1) is 6.04 Å². The maximum absolute atomic E-state index is 12.5. The van der Waals surface area contributed by atoms with Crippen molar-refractivity contribution >= 4 is 5.82 Å². The third-order valence-electron chi connectivity index (χ3n) is 4.15. The van der Waals surface area contributed by atoms with Crippen molar-refractivity contribution in [2.24, 2.45) is 0 Å². The molecule has 1 unspecified atom stereocenters. The van der Waals surface area contributed by atoms with Crippen molar-refractivity contribution in [3.05, 3.63) is 41.2 Å². The fraction of sp³-hybridized carbons (Fsp3) is 0.500. The Hall–Kier alpha value is -2.11. The molecule has 1 atom stereocenters. The Morgan fingerprint density at radius 2 is 2.00 bits per heavy atom. The van der Waals surface area contributed by atoms with Crippen molar-refractivity contribution in [1.82, 2.24) is 19.3 Å². The molecule has 6 heteroatoms. The van der Waals surface area contributed by atoms with E-state index in [1.165, 1.54) is 0 Å². The molecule has 104 valence electrons. The van der Waals surface area contributed by atoms with Gasteiger partial charge in [0, 0.05) is 43.9 Å². The Morgan fingerprint density at radius 3 is 2.75 bits per heavy atom. The molecule has 0 aromatic carbocycles. The molecule has 0 N–H and O–H groups in total. The molecule has 0 bridgehead atoms. The number of hydrogen-bond donors (Lipinski definition) is 0. The Kier molecular flexibility index (Phi) is 2.61. The molecule has 20 heavy (non-hydrogen) atoms. The molecule has 0 amide bonds. The van der Waals surface area contributed by atoms with E-state index in [1.807, 2.05) is 27.7 Å². The van der Waals surface area contributed by atoms with E-state index < -0.39 is 0 Å². The van der Waals surface area contributed by atoms with Crippen LogP contribution >= 0.6 is 0 Å². The topological polar surface area (TPSA) is 56.0 Å². The zero-order chi connectivity index (χ0) is 13.5. The fourth-order valence-corrected chi connectivity index (χ4v) is 2.92. The second-order valence-electron chi connectivity index (χ2n) is 5.57. The van der Waals surface area contributed by atoms with Crippen molar-refractivity contribution in [2.75, 3.05) is 18.0 Å². The highest BCUT2D eigenvalue weighted by Gasteiger charge is 2.30. The SMILES string of the molecule is O=c1c(N2CCC(n3cccn3)C2)nccn1C1CC1. The van der Waals surface area contributed by atoms with Gasteiger partial charge in [-0.3, -0.25) is 9.48 Å². The van der Waals surface area contributed by atoms with Gasteiger partial charge in [0.15, 0.2) is 5.82 Å². The molecular formula is C14H17N5O. The van der Waals surface area contributed by atoms with E-state index >= 15 is 0 Å². The summed E-state index contributed by atoms with van der Waals surface area (Å²) in [6.07, 6.45) is 10.6. The average Bonchev–Trinajstić information content (AvgIpc) is 2.97. The second kappa shape index (κ2) is 4.47. The van der Waals surface area contributed by atoms with Crippen LogP contribution in [0.5, 0.6) is 0 Å². The van der Waals surface area contributed by atoms with E-state index in [-0.39, 0.29) is 5.56 Å². The number of anilines is 1. The van der Waals surface area contributed by atoms with Crippen LogP contribution in [0.3, 0.4) is 0 Å². The molecular weight excluding hydrogens is 254 g/mol. The third-order valence-corrected chi connectivity index (χ3v) is 4.15. The van der Waals surface area contributed by atoms with Crippen LogP contribution in [0.25, 0.3) is 0 Å². The van der Waals surface area contributed by atoms with Gasteiger partial charge in [-0.2, -0.15) is 5.10 Å². The largest absolute Gasteiger partial charge is 0.350 e. The molecule has 1 aliphatic heterocycles. The average molecular weight is 271 g/mol. The summed E-state index contributed by atoms with van der Waals surface area (Å²) in [6.45, 7) is 1.67. The smallest absolute Gasteiger partial charge is 0.293 e. The van der Waals surface area contributed by atoms with E-state index in [0.717, 1.165) is 32.4 Å². The number of rotatable bonds is 3. The zero-order valence-electron chi connectivity index (χ0n) is 11.2. The first kappa shape index (κ1) is 11.7. The maximum atomic E-state index is 12.5. The molecule has 0 spiro atoms. The van der Waals surface area contributed by atoms with Crippen molar-refractivity contribution in [3.63, 3.8) is 0 Å². The minimum absolute atomic E-state index is 0.0520. The predicted octanol–water partition coefficient (Wildman–Crippen LogP) is 1.23. The van der Waals surface area contributed by atoms with Crippen molar-refractivity contribution in [1.29, 1.82) is 0 Å². The number of hydrogen-bond acceptors (Lipinski definition) is 4. The normalized spacial score (nSPS) is 22.4. The first-order valence-electron chi connectivity index (χ1n) is 7.14. The summed E-state index contributed by atoms with van der Waals surface area (Å²) in [5.41, 5.74) is 0.0520. The van der Waals surface area contributed by atoms with E-state index in [2.05, 4.69) is 15.0 Å². The Labute approximate surface area is 116 Å². The summed E-state index contributed by atoms with van der Waals surface area (Å²) in [4.78, 5) is 18.9. The Bertz CT molecular complexity index is 658. The lowest BCUT2D eigenvalue weighted by Gasteiger charge is -2.17. The molecule has 3 heterocycles. The van der Waals surface area contributed by atoms with Crippen LogP contribution in [-0.2, 0) is 0 Å². The van der Waals surface area contributed by atoms with Crippen LogP contribution in [0.2, 0.25) is 0 Å². The second-order valence-corrected chi connectivity index (χ2v) is 5.57. The predicted molar refractivity (Wildman–Crippen MR) is 74.9 cm³/mol. The van der Waals surface area contributed by atoms with E-state index in [0.29, 0.717) is 17.9 Å². The Balaban J connectivity index is 1.60. The summed E-state index contributed by atoms with van der Waals surface area (Å²) >= 11 is 0. The minimum Gasteiger partial charge on any atom is -0.350 e. The van der Waals surface area contributed by atoms with E-state index in [4.69, 9.17) is 0 Å². The van der Waals surface area contributed by atoms with Gasteiger partial charge in [-0.1, -0.05) is 0 Å².